The Hall–Kier alpha value is -2.82. The van der Waals surface area contributed by atoms with Gasteiger partial charge < -0.3 is 15.2 Å². The van der Waals surface area contributed by atoms with Gasteiger partial charge in [0.25, 0.3) is 0 Å². The van der Waals surface area contributed by atoms with Crippen molar-refractivity contribution in [3.05, 3.63) is 65.2 Å². The maximum Gasteiger partial charge on any atom is 0.330 e. The van der Waals surface area contributed by atoms with Gasteiger partial charge in [0.15, 0.2) is 6.04 Å². The van der Waals surface area contributed by atoms with Crippen LogP contribution in [0.3, 0.4) is 0 Å². The molecule has 2 N–H and O–H groups in total. The lowest BCUT2D eigenvalue weighted by atomic mass is 9.82. The van der Waals surface area contributed by atoms with Crippen molar-refractivity contribution in [2.75, 3.05) is 7.11 Å². The molecule has 1 aliphatic rings. The summed E-state index contributed by atoms with van der Waals surface area (Å²) in [5.74, 6) is -0.983. The van der Waals surface area contributed by atoms with E-state index in [9.17, 15) is 14.7 Å². The van der Waals surface area contributed by atoms with Gasteiger partial charge in [0.2, 0.25) is 5.91 Å². The molecule has 2 atom stereocenters. The van der Waals surface area contributed by atoms with Gasteiger partial charge in [-0.2, -0.15) is 0 Å². The topological polar surface area (TPSA) is 75.6 Å². The fourth-order valence-electron chi connectivity index (χ4n) is 3.35. The zero-order chi connectivity index (χ0) is 17.8. The molecule has 5 heteroatoms. The number of methoxy groups -OCH3 is 1. The largest absolute Gasteiger partial charge is 0.497 e. The molecule has 0 saturated carbocycles. The first-order valence-corrected chi connectivity index (χ1v) is 8.35. The lowest BCUT2D eigenvalue weighted by molar-refractivity contribution is -0.142. The average Bonchev–Trinajstić information content (AvgIpc) is 2.65. The van der Waals surface area contributed by atoms with Gasteiger partial charge in [-0.05, 0) is 48.1 Å². The first-order chi connectivity index (χ1) is 12.1. The van der Waals surface area contributed by atoms with Crippen LogP contribution in [0, 0.1) is 0 Å². The van der Waals surface area contributed by atoms with Crippen LogP contribution in [-0.4, -0.2) is 24.1 Å². The summed E-state index contributed by atoms with van der Waals surface area (Å²) in [7, 11) is 1.55. The highest BCUT2D eigenvalue weighted by molar-refractivity contribution is 5.89. The van der Waals surface area contributed by atoms with Gasteiger partial charge in [0, 0.05) is 0 Å². The number of rotatable bonds is 5. The Morgan fingerprint density at radius 3 is 2.56 bits per heavy atom. The van der Waals surface area contributed by atoms with E-state index in [2.05, 4.69) is 5.32 Å². The Kier molecular flexibility index (Phi) is 5.03. The number of carbonyl (C=O) groups excluding carboxylic acids is 1. The summed E-state index contributed by atoms with van der Waals surface area (Å²) in [6.45, 7) is 0. The summed E-state index contributed by atoms with van der Waals surface area (Å²) in [6.07, 6.45) is 2.62. The molecule has 0 aliphatic heterocycles. The van der Waals surface area contributed by atoms with E-state index in [-0.39, 0.29) is 11.8 Å². The summed E-state index contributed by atoms with van der Waals surface area (Å²) in [6, 6.07) is 13.5. The standard InChI is InChI=1S/C20H21NO4/c1-25-15-11-9-14(10-12-15)18(20(23)24)21-19(22)17-8-4-6-13-5-2-3-7-16(13)17/h2-3,5,7,9-12,17-18H,4,6,8H2,1H3,(H,21,22)(H,23,24). The van der Waals surface area contributed by atoms with Crippen LogP contribution in [0.5, 0.6) is 5.75 Å². The maximum atomic E-state index is 12.8. The number of carboxylic acids is 1. The number of aryl methyl sites for hydroxylation is 1. The van der Waals surface area contributed by atoms with Gasteiger partial charge >= 0.3 is 5.97 Å². The molecular formula is C20H21NO4. The quantitative estimate of drug-likeness (QED) is 0.878. The fraction of sp³-hybridized carbons (Fsp3) is 0.300. The minimum absolute atomic E-state index is 0.240. The van der Waals surface area contributed by atoms with Crippen molar-refractivity contribution >= 4 is 11.9 Å². The molecule has 2 aromatic rings. The third kappa shape index (κ3) is 3.65. The number of nitrogens with one attached hydrogen (secondary N) is 1. The molecular weight excluding hydrogens is 318 g/mol. The predicted molar refractivity (Wildman–Crippen MR) is 93.6 cm³/mol. The average molecular weight is 339 g/mol. The molecule has 1 aliphatic carbocycles. The van der Waals surface area contributed by atoms with Crippen LogP contribution >= 0.6 is 0 Å². The molecule has 3 rings (SSSR count). The number of fused-ring (bicyclic) bond motifs is 1. The van der Waals surface area contributed by atoms with E-state index < -0.39 is 12.0 Å². The highest BCUT2D eigenvalue weighted by Crippen LogP contribution is 2.32. The molecule has 0 fully saturated rings. The number of carboxylic acid groups (broad SMARTS) is 1. The van der Waals surface area contributed by atoms with Crippen molar-refractivity contribution in [3.63, 3.8) is 0 Å². The zero-order valence-corrected chi connectivity index (χ0v) is 14.1. The molecule has 0 aromatic heterocycles. The van der Waals surface area contributed by atoms with Gasteiger partial charge in [-0.15, -0.1) is 0 Å². The highest BCUT2D eigenvalue weighted by Gasteiger charge is 2.30. The molecule has 0 spiro atoms. The van der Waals surface area contributed by atoms with Gasteiger partial charge in [0.1, 0.15) is 5.75 Å². The van der Waals surface area contributed by atoms with Crippen LogP contribution in [0.1, 0.15) is 41.5 Å². The lowest BCUT2D eigenvalue weighted by Crippen LogP contribution is -2.37. The monoisotopic (exact) mass is 339 g/mol. The van der Waals surface area contributed by atoms with Gasteiger partial charge in [-0.3, -0.25) is 4.79 Å². The number of hydrogen-bond acceptors (Lipinski definition) is 3. The van der Waals surface area contributed by atoms with Gasteiger partial charge in [-0.25, -0.2) is 4.79 Å². The van der Waals surface area contributed by atoms with Crippen LogP contribution in [0.4, 0.5) is 0 Å². The van der Waals surface area contributed by atoms with Crippen molar-refractivity contribution in [2.24, 2.45) is 0 Å². The predicted octanol–water partition coefficient (Wildman–Crippen LogP) is 3.06. The summed E-state index contributed by atoms with van der Waals surface area (Å²) in [5.41, 5.74) is 2.70. The highest BCUT2D eigenvalue weighted by atomic mass is 16.5. The Morgan fingerprint density at radius 2 is 1.88 bits per heavy atom. The van der Waals surface area contributed by atoms with Crippen molar-refractivity contribution in [1.82, 2.24) is 5.32 Å². The van der Waals surface area contributed by atoms with E-state index in [0.29, 0.717) is 11.3 Å². The zero-order valence-electron chi connectivity index (χ0n) is 14.1. The number of aliphatic carboxylic acids is 1. The second-order valence-corrected chi connectivity index (χ2v) is 6.20. The summed E-state index contributed by atoms with van der Waals surface area (Å²) in [5, 5.41) is 12.3. The molecule has 2 unspecified atom stereocenters. The third-order valence-corrected chi connectivity index (χ3v) is 4.67. The second kappa shape index (κ2) is 7.38. The van der Waals surface area contributed by atoms with E-state index in [4.69, 9.17) is 4.74 Å². The van der Waals surface area contributed by atoms with Crippen molar-refractivity contribution in [2.45, 2.75) is 31.2 Å². The van der Waals surface area contributed by atoms with Crippen LogP contribution in [-0.2, 0) is 16.0 Å². The minimum Gasteiger partial charge on any atom is -0.497 e. The number of hydrogen-bond donors (Lipinski definition) is 2. The smallest absolute Gasteiger partial charge is 0.330 e. The van der Waals surface area contributed by atoms with E-state index in [0.717, 1.165) is 24.8 Å². The molecule has 1 amide bonds. The summed E-state index contributed by atoms with van der Waals surface area (Å²) in [4.78, 5) is 24.4. The van der Waals surface area contributed by atoms with Crippen molar-refractivity contribution < 1.29 is 19.4 Å². The maximum absolute atomic E-state index is 12.8. The molecule has 130 valence electrons. The Bertz CT molecular complexity index is 770. The van der Waals surface area contributed by atoms with E-state index in [1.54, 1.807) is 31.4 Å². The van der Waals surface area contributed by atoms with E-state index >= 15 is 0 Å². The molecule has 25 heavy (non-hydrogen) atoms. The Labute approximate surface area is 146 Å². The molecule has 0 heterocycles. The Morgan fingerprint density at radius 1 is 1.16 bits per heavy atom. The van der Waals surface area contributed by atoms with Gasteiger partial charge in [-0.1, -0.05) is 36.4 Å². The molecule has 0 saturated heterocycles. The molecule has 5 nitrogen and oxygen atoms in total. The molecule has 2 aromatic carbocycles. The number of benzene rings is 2. The minimum atomic E-state index is -1.08. The van der Waals surface area contributed by atoms with Crippen LogP contribution in [0.2, 0.25) is 0 Å². The normalized spacial score (nSPS) is 17.2. The fourth-order valence-corrected chi connectivity index (χ4v) is 3.35. The first-order valence-electron chi connectivity index (χ1n) is 8.35. The van der Waals surface area contributed by atoms with E-state index in [1.807, 2.05) is 24.3 Å². The van der Waals surface area contributed by atoms with Crippen molar-refractivity contribution in [3.8, 4) is 5.75 Å². The van der Waals surface area contributed by atoms with Crippen LogP contribution in [0.25, 0.3) is 0 Å². The number of amides is 1. The van der Waals surface area contributed by atoms with Crippen LogP contribution in [0.15, 0.2) is 48.5 Å². The lowest BCUT2D eigenvalue weighted by Gasteiger charge is -2.26. The van der Waals surface area contributed by atoms with Crippen LogP contribution < -0.4 is 10.1 Å². The number of carbonyl (C=O) groups is 2. The van der Waals surface area contributed by atoms with Crippen molar-refractivity contribution in [1.29, 1.82) is 0 Å². The summed E-state index contributed by atoms with van der Waals surface area (Å²) < 4.78 is 5.09. The number of ether oxygens (including phenoxy) is 1. The Balaban J connectivity index is 1.81. The molecule has 0 radical (unpaired) electrons. The van der Waals surface area contributed by atoms with Gasteiger partial charge in [0.05, 0.1) is 13.0 Å². The SMILES string of the molecule is COc1ccc(C(NC(=O)C2CCCc3ccccc32)C(=O)O)cc1. The first kappa shape index (κ1) is 17.0. The third-order valence-electron chi connectivity index (χ3n) is 4.67. The summed E-state index contributed by atoms with van der Waals surface area (Å²) >= 11 is 0. The second-order valence-electron chi connectivity index (χ2n) is 6.20. The molecule has 0 bridgehead atoms. The van der Waals surface area contributed by atoms with E-state index in [1.165, 1.54) is 5.56 Å².